The van der Waals surface area contributed by atoms with E-state index in [9.17, 15) is 82.4 Å². The molecule has 570 valence electrons. The Balaban J connectivity index is 1.43. The van der Waals surface area contributed by atoms with Crippen molar-refractivity contribution in [3.63, 3.8) is 0 Å². The lowest BCUT2D eigenvalue weighted by atomic mass is 9.99. The number of nitrogens with two attached hydrogens (primary N) is 3. The van der Waals surface area contributed by atoms with Crippen LogP contribution in [0, 0.1) is 17.8 Å². The van der Waals surface area contributed by atoms with Gasteiger partial charge in [0.25, 0.3) is 0 Å². The van der Waals surface area contributed by atoms with E-state index >= 15 is 0 Å². The third-order valence-corrected chi connectivity index (χ3v) is 16.6. The Labute approximate surface area is 597 Å². The predicted octanol–water partition coefficient (Wildman–Crippen LogP) is -3.98. The van der Waals surface area contributed by atoms with Crippen molar-refractivity contribution in [2.24, 2.45) is 35.0 Å². The summed E-state index contributed by atoms with van der Waals surface area (Å²) in [6.45, 7) is 8.86. The summed E-state index contributed by atoms with van der Waals surface area (Å²) < 4.78 is 0. The Morgan fingerprint density at radius 3 is 1.42 bits per heavy atom. The number of carboxylic acids is 2. The summed E-state index contributed by atoms with van der Waals surface area (Å²) in [4.78, 5) is 205. The first-order valence-corrected chi connectivity index (χ1v) is 34.7. The number of hydrogen-bond acceptors (Lipinski definition) is 20. The molecule has 1 aromatic carbocycles. The normalized spacial score (nSPS) is 15.7. The highest BCUT2D eigenvalue weighted by atomic mass is 16.4. The third kappa shape index (κ3) is 30.7. The van der Waals surface area contributed by atoms with Crippen molar-refractivity contribution in [2.75, 3.05) is 39.3 Å². The lowest BCUT2D eigenvalue weighted by Gasteiger charge is -2.30. The number of carbonyl (C=O) groups excluding carboxylic acids is 12. The predicted molar refractivity (Wildman–Crippen MR) is 372 cm³/mol. The number of H-pyrrole nitrogens is 2. The lowest BCUT2D eigenvalue weighted by molar-refractivity contribution is -0.144. The van der Waals surface area contributed by atoms with E-state index in [-0.39, 0.29) is 102 Å². The molecule has 22 N–H and O–H groups in total. The van der Waals surface area contributed by atoms with Crippen LogP contribution in [0.4, 0.5) is 0 Å². The fourth-order valence-corrected chi connectivity index (χ4v) is 11.3. The molecule has 3 aromatic rings. The van der Waals surface area contributed by atoms with Crippen molar-refractivity contribution in [2.45, 2.75) is 204 Å². The van der Waals surface area contributed by atoms with Gasteiger partial charge < -0.3 is 106 Å². The number of amides is 12. The number of nitrogens with one attached hydrogen (secondary N) is 13. The molecule has 0 aliphatic carbocycles. The quantitative estimate of drug-likeness (QED) is 0.0240. The molecule has 103 heavy (non-hydrogen) atoms. The molecular weight excluding hydrogens is 1340 g/mol. The van der Waals surface area contributed by atoms with Crippen molar-refractivity contribution >= 4 is 82.8 Å². The number of likely N-dealkylation sites (tertiary alicyclic amines) is 1. The van der Waals surface area contributed by atoms with Crippen LogP contribution in [0.5, 0.6) is 0 Å². The number of carbonyl (C=O) groups is 14. The minimum Gasteiger partial charge on any atom is -0.481 e. The van der Waals surface area contributed by atoms with Crippen LogP contribution in [0.25, 0.3) is 0 Å². The van der Waals surface area contributed by atoms with Crippen LogP contribution >= 0.6 is 0 Å². The number of nitrogens with zero attached hydrogens (tertiary/aromatic N) is 3. The van der Waals surface area contributed by atoms with Gasteiger partial charge in [0.2, 0.25) is 70.9 Å². The van der Waals surface area contributed by atoms with Gasteiger partial charge in [-0.05, 0) is 107 Å². The molecule has 0 unspecified atom stereocenters. The van der Waals surface area contributed by atoms with Crippen molar-refractivity contribution in [1.29, 1.82) is 0 Å². The highest BCUT2D eigenvalue weighted by Gasteiger charge is 2.41. The van der Waals surface area contributed by atoms with E-state index in [1.165, 1.54) is 25.0 Å². The zero-order chi connectivity index (χ0) is 76.3. The molecule has 0 bridgehead atoms. The van der Waals surface area contributed by atoms with E-state index in [1.54, 1.807) is 71.9 Å². The first-order chi connectivity index (χ1) is 48.9. The second-order valence-electron chi connectivity index (χ2n) is 26.7. The molecule has 0 saturated carbocycles. The maximum absolute atomic E-state index is 14.6. The standard InChI is InChI=1S/C67H105N19O17/c1-37(2)23-46(80-62(97)48(25-39(5)6)82-60(95)44(17-10-12-20-68)77-54(88)32-73-59(94)47(24-38(3)4)81-64(99)52(34-87)85-57(92)43(70)27-41-30-71-35-75-41)58(93)74-33-55(89)78-50(28-42-31-72-36-76-42)66(101)86-22-14-19-53(86)65(100)83-49(29-56(90)91)63(98)79-45(18-11-13-21-69)61(96)84-51(67(102)103)26-40-15-8-7-9-16-40/h7-9,15-16,30-31,35-39,43-53,87H,10-14,17-29,32-34,68-70H2,1-6H3,(H,71,75)(H,72,76)(H,73,94)(H,74,93)(H,77,88)(H,78,89)(H,79,98)(H,80,97)(H,81,99)(H,82,95)(H,83,100)(H,84,96)(H,85,92)(H,90,91)(H,102,103)/t43-,44-,45-,46-,47-,48-,49-,50-,51-,52-,53-/m0/s1. The molecule has 2 aromatic heterocycles. The number of rotatable bonds is 47. The van der Waals surface area contributed by atoms with Crippen molar-refractivity contribution < 1.29 is 82.4 Å². The van der Waals surface area contributed by atoms with Crippen LogP contribution in [0.3, 0.4) is 0 Å². The lowest BCUT2D eigenvalue weighted by Crippen LogP contribution is -2.59. The Hall–Kier alpha value is -9.94. The molecule has 36 nitrogen and oxygen atoms in total. The Bertz CT molecular complexity index is 3270. The largest absolute Gasteiger partial charge is 0.481 e. The van der Waals surface area contributed by atoms with Gasteiger partial charge in [0.1, 0.15) is 60.4 Å². The van der Waals surface area contributed by atoms with Crippen molar-refractivity contribution in [3.05, 3.63) is 72.3 Å². The van der Waals surface area contributed by atoms with E-state index < -0.39 is 175 Å². The first-order valence-electron chi connectivity index (χ1n) is 34.7. The van der Waals surface area contributed by atoms with Gasteiger partial charge in [-0.25, -0.2) is 14.8 Å². The van der Waals surface area contributed by atoms with Gasteiger partial charge in [-0.1, -0.05) is 71.9 Å². The van der Waals surface area contributed by atoms with E-state index in [0.717, 1.165) is 4.90 Å². The molecule has 12 amide bonds. The van der Waals surface area contributed by atoms with Crippen LogP contribution in [0.2, 0.25) is 0 Å². The topological polar surface area (TPSA) is 571 Å². The van der Waals surface area contributed by atoms with Gasteiger partial charge in [-0.15, -0.1) is 0 Å². The molecule has 1 fully saturated rings. The summed E-state index contributed by atoms with van der Waals surface area (Å²) >= 11 is 0. The fraction of sp³-hybridized carbons (Fsp3) is 0.612. The van der Waals surface area contributed by atoms with Gasteiger partial charge in [-0.3, -0.25) is 62.3 Å². The number of aliphatic carboxylic acids is 2. The van der Waals surface area contributed by atoms with E-state index in [2.05, 4.69) is 78.4 Å². The van der Waals surface area contributed by atoms with Crippen LogP contribution in [0.1, 0.15) is 136 Å². The number of imidazole rings is 2. The van der Waals surface area contributed by atoms with Crippen LogP contribution in [-0.2, 0) is 86.4 Å². The summed E-state index contributed by atoms with van der Waals surface area (Å²) in [6, 6.07) is -6.57. The molecule has 11 atom stereocenters. The summed E-state index contributed by atoms with van der Waals surface area (Å²) in [5.74, 6) is -13.7. The maximum Gasteiger partial charge on any atom is 0.326 e. The molecule has 0 spiro atoms. The van der Waals surface area contributed by atoms with E-state index in [0.29, 0.717) is 42.6 Å². The maximum atomic E-state index is 14.6. The molecule has 4 rings (SSSR count). The zero-order valence-corrected chi connectivity index (χ0v) is 59.3. The van der Waals surface area contributed by atoms with E-state index in [4.69, 9.17) is 17.2 Å². The molecule has 1 aliphatic heterocycles. The Morgan fingerprint density at radius 1 is 0.515 bits per heavy atom. The molecule has 1 saturated heterocycles. The molecule has 1 aliphatic rings. The molecule has 3 heterocycles. The van der Waals surface area contributed by atoms with E-state index in [1.807, 2.05) is 0 Å². The smallest absolute Gasteiger partial charge is 0.326 e. The highest BCUT2D eigenvalue weighted by molar-refractivity contribution is 5.99. The Kier molecular flexibility index (Phi) is 36.9. The highest BCUT2D eigenvalue weighted by Crippen LogP contribution is 2.21. The minimum absolute atomic E-state index is 0.0251. The summed E-state index contributed by atoms with van der Waals surface area (Å²) in [7, 11) is 0. The first kappa shape index (κ1) is 85.5. The third-order valence-electron chi connectivity index (χ3n) is 16.6. The monoisotopic (exact) mass is 1450 g/mol. The summed E-state index contributed by atoms with van der Waals surface area (Å²) in [6.07, 6.45) is 6.32. The van der Waals surface area contributed by atoms with Gasteiger partial charge in [0, 0.05) is 49.6 Å². The summed E-state index contributed by atoms with van der Waals surface area (Å²) in [5, 5.41) is 57.8. The number of carboxylic acid groups (broad SMARTS) is 2. The molecule has 0 radical (unpaired) electrons. The number of unbranched alkanes of at least 4 members (excludes halogenated alkanes) is 2. The van der Waals surface area contributed by atoms with Crippen molar-refractivity contribution in [3.8, 4) is 0 Å². The average molecular weight is 1450 g/mol. The van der Waals surface area contributed by atoms with Crippen LogP contribution < -0.4 is 75.7 Å². The number of aliphatic hydroxyl groups excluding tert-OH is 1. The van der Waals surface area contributed by atoms with Gasteiger partial charge in [0.15, 0.2) is 0 Å². The fourth-order valence-electron chi connectivity index (χ4n) is 11.3. The van der Waals surface area contributed by atoms with Gasteiger partial charge >= 0.3 is 11.9 Å². The zero-order valence-electron chi connectivity index (χ0n) is 59.3. The number of hydrogen-bond donors (Lipinski definition) is 19. The number of aromatic amines is 2. The van der Waals surface area contributed by atoms with Crippen molar-refractivity contribution in [1.82, 2.24) is 83.3 Å². The average Bonchev–Trinajstić information content (AvgIpc) is 1.73. The minimum atomic E-state index is -1.80. The van der Waals surface area contributed by atoms with Crippen LogP contribution in [-0.4, -0.2) is 229 Å². The summed E-state index contributed by atoms with van der Waals surface area (Å²) in [5.41, 5.74) is 19.0. The number of benzene rings is 1. The SMILES string of the molecule is CC(C)C[C@H](NC(=O)[C@H](CC(C)C)NC(=O)[C@H](CCCCN)NC(=O)CNC(=O)[C@H](CC(C)C)NC(=O)[C@H](CO)NC(=O)[C@@H](N)Cc1cnc[nH]1)C(=O)NCC(=O)N[C@@H](Cc1cnc[nH]1)C(=O)N1CCC[C@H]1C(=O)N[C@@H](CC(=O)O)C(=O)N[C@@H](CCCCN)C(=O)N[C@@H](Cc1ccccc1)C(=O)O. The van der Waals surface area contributed by atoms with Gasteiger partial charge in [0.05, 0.1) is 44.8 Å². The number of aliphatic hydroxyl groups is 1. The molecular formula is C67H105N19O17. The van der Waals surface area contributed by atoms with Crippen LogP contribution in [0.15, 0.2) is 55.4 Å². The Morgan fingerprint density at radius 2 is 0.951 bits per heavy atom. The number of aromatic nitrogens is 4. The second kappa shape index (κ2) is 44.4. The van der Waals surface area contributed by atoms with Gasteiger partial charge in [-0.2, -0.15) is 0 Å². The second-order valence-corrected chi connectivity index (χ2v) is 26.7. The molecule has 36 heteroatoms.